The third-order valence-corrected chi connectivity index (χ3v) is 2.63. The third-order valence-electron chi connectivity index (χ3n) is 2.63. The molecule has 1 aromatic carbocycles. The van der Waals surface area contributed by atoms with Gasteiger partial charge < -0.3 is 10.7 Å². The Hall–Kier alpha value is -2.27. The summed E-state index contributed by atoms with van der Waals surface area (Å²) in [5, 5.41) is 12.0. The zero-order chi connectivity index (χ0) is 13.1. The second-order valence-electron chi connectivity index (χ2n) is 3.92. The molecular formula is C13H15N3O2. The van der Waals surface area contributed by atoms with Crippen LogP contribution in [0.25, 0.3) is 10.8 Å². The summed E-state index contributed by atoms with van der Waals surface area (Å²) in [6.45, 7) is 1.91. The number of pyridine rings is 1. The van der Waals surface area contributed by atoms with Crippen LogP contribution in [0.5, 0.6) is 0 Å². The van der Waals surface area contributed by atoms with E-state index in [1.165, 1.54) is 0 Å². The highest BCUT2D eigenvalue weighted by atomic mass is 16.5. The summed E-state index contributed by atoms with van der Waals surface area (Å²) < 4.78 is 0. The Balaban J connectivity index is 2.53. The lowest BCUT2D eigenvalue weighted by Crippen LogP contribution is -2.26. The summed E-state index contributed by atoms with van der Waals surface area (Å²) in [6, 6.07) is 8.83. The van der Waals surface area contributed by atoms with Crippen molar-refractivity contribution in [3.05, 3.63) is 52.6 Å². The van der Waals surface area contributed by atoms with Gasteiger partial charge in [-0.05, 0) is 30.0 Å². The van der Waals surface area contributed by atoms with Crippen LogP contribution in [0.2, 0.25) is 0 Å². The minimum atomic E-state index is -0.258. The number of nitrogens with zero attached hydrogens (tertiary/aromatic N) is 1. The Labute approximate surface area is 104 Å². The van der Waals surface area contributed by atoms with Crippen LogP contribution in [-0.2, 0) is 0 Å². The Kier molecular flexibility index (Phi) is 3.34. The number of aromatic amines is 1. The van der Waals surface area contributed by atoms with Crippen molar-refractivity contribution in [2.24, 2.45) is 5.73 Å². The predicted octanol–water partition coefficient (Wildman–Crippen LogP) is 1.93. The highest BCUT2D eigenvalue weighted by Crippen LogP contribution is 2.16. The summed E-state index contributed by atoms with van der Waals surface area (Å²) >= 11 is 0. The molecule has 0 aliphatic carbocycles. The molecule has 5 nitrogen and oxygen atoms in total. The fourth-order valence-electron chi connectivity index (χ4n) is 1.75. The molecular weight excluding hydrogens is 230 g/mol. The Morgan fingerprint density at radius 2 is 2.22 bits per heavy atom. The van der Waals surface area contributed by atoms with E-state index in [0.717, 1.165) is 10.4 Å². The van der Waals surface area contributed by atoms with Crippen molar-refractivity contribution < 1.29 is 5.21 Å². The molecule has 0 fully saturated rings. The topological polar surface area (TPSA) is 82.3 Å². The fraction of sp³-hybridized carbons (Fsp3) is 0.154. The first-order chi connectivity index (χ1) is 8.63. The summed E-state index contributed by atoms with van der Waals surface area (Å²) in [7, 11) is 0. The SMILES string of the molecule is CC/C=C(/N)N(O)c1cc2ccccc2c(=O)[nH]1. The van der Waals surface area contributed by atoms with Gasteiger partial charge in [0.15, 0.2) is 0 Å². The summed E-state index contributed by atoms with van der Waals surface area (Å²) in [6.07, 6.45) is 2.36. The smallest absolute Gasteiger partial charge is 0.257 e. The third kappa shape index (κ3) is 2.21. The molecule has 5 heteroatoms. The van der Waals surface area contributed by atoms with E-state index in [0.29, 0.717) is 11.8 Å². The Bertz CT molecular complexity index is 646. The number of aromatic nitrogens is 1. The van der Waals surface area contributed by atoms with Gasteiger partial charge in [0.25, 0.3) is 5.56 Å². The molecule has 2 rings (SSSR count). The maximum Gasteiger partial charge on any atom is 0.257 e. The minimum Gasteiger partial charge on any atom is -0.384 e. The molecule has 1 heterocycles. The molecule has 18 heavy (non-hydrogen) atoms. The van der Waals surface area contributed by atoms with Crippen LogP contribution in [0, 0.1) is 0 Å². The molecule has 2 aromatic rings. The van der Waals surface area contributed by atoms with E-state index in [9.17, 15) is 10.0 Å². The van der Waals surface area contributed by atoms with Crippen LogP contribution >= 0.6 is 0 Å². The maximum atomic E-state index is 11.8. The van der Waals surface area contributed by atoms with Crippen molar-refractivity contribution in [2.45, 2.75) is 13.3 Å². The fourth-order valence-corrected chi connectivity index (χ4v) is 1.75. The Morgan fingerprint density at radius 1 is 1.50 bits per heavy atom. The molecule has 94 valence electrons. The van der Waals surface area contributed by atoms with Crippen molar-refractivity contribution in [3.8, 4) is 0 Å². The van der Waals surface area contributed by atoms with E-state index in [-0.39, 0.29) is 17.2 Å². The molecule has 0 amide bonds. The predicted molar refractivity (Wildman–Crippen MR) is 71.4 cm³/mol. The van der Waals surface area contributed by atoms with Crippen molar-refractivity contribution in [2.75, 3.05) is 5.06 Å². The van der Waals surface area contributed by atoms with Gasteiger partial charge in [-0.2, -0.15) is 5.06 Å². The highest BCUT2D eigenvalue weighted by Gasteiger charge is 2.09. The van der Waals surface area contributed by atoms with Crippen LogP contribution in [0.15, 0.2) is 47.0 Å². The standard InChI is InChI=1S/C13H15N3O2/c1-2-5-11(14)16(18)12-8-9-6-3-4-7-10(9)13(17)15-12/h3-8,18H,2,14H2,1H3,(H,15,17)/b11-5-. The maximum absolute atomic E-state index is 11.8. The average Bonchev–Trinajstić information content (AvgIpc) is 2.38. The lowest BCUT2D eigenvalue weighted by molar-refractivity contribution is 0.278. The molecule has 0 radical (unpaired) electrons. The first-order valence-corrected chi connectivity index (χ1v) is 5.70. The number of hydrogen-bond acceptors (Lipinski definition) is 4. The first kappa shape index (κ1) is 12.2. The van der Waals surface area contributed by atoms with Gasteiger partial charge in [-0.3, -0.25) is 10.0 Å². The second-order valence-corrected chi connectivity index (χ2v) is 3.92. The quantitative estimate of drug-likeness (QED) is 0.722. The van der Waals surface area contributed by atoms with Crippen molar-refractivity contribution in [1.29, 1.82) is 0 Å². The normalized spacial score (nSPS) is 11.8. The lowest BCUT2D eigenvalue weighted by Gasteiger charge is -2.16. The molecule has 0 atom stereocenters. The summed E-state index contributed by atoms with van der Waals surface area (Å²) in [5.74, 6) is 0.435. The number of benzene rings is 1. The van der Waals surface area contributed by atoms with Crippen LogP contribution in [0.1, 0.15) is 13.3 Å². The molecule has 0 saturated heterocycles. The van der Waals surface area contributed by atoms with Crippen molar-refractivity contribution in [3.63, 3.8) is 0 Å². The van der Waals surface area contributed by atoms with Gasteiger partial charge in [0.05, 0.1) is 0 Å². The number of allylic oxidation sites excluding steroid dienone is 1. The van der Waals surface area contributed by atoms with Crippen LogP contribution in [0.3, 0.4) is 0 Å². The molecule has 0 spiro atoms. The lowest BCUT2D eigenvalue weighted by atomic mass is 10.2. The van der Waals surface area contributed by atoms with Gasteiger partial charge in [-0.15, -0.1) is 0 Å². The monoisotopic (exact) mass is 245 g/mol. The second kappa shape index (κ2) is 4.93. The van der Waals surface area contributed by atoms with E-state index >= 15 is 0 Å². The largest absolute Gasteiger partial charge is 0.384 e. The van der Waals surface area contributed by atoms with E-state index < -0.39 is 0 Å². The number of anilines is 1. The summed E-state index contributed by atoms with van der Waals surface area (Å²) in [5.41, 5.74) is 5.41. The molecule has 0 aliphatic rings. The minimum absolute atomic E-state index is 0.184. The van der Waals surface area contributed by atoms with Gasteiger partial charge in [0.1, 0.15) is 11.6 Å². The highest BCUT2D eigenvalue weighted by molar-refractivity contribution is 5.83. The van der Waals surface area contributed by atoms with Gasteiger partial charge in [-0.25, -0.2) is 0 Å². The van der Waals surface area contributed by atoms with E-state index in [2.05, 4.69) is 4.98 Å². The zero-order valence-corrected chi connectivity index (χ0v) is 10.1. The molecule has 0 bridgehead atoms. The van der Waals surface area contributed by atoms with Crippen molar-refractivity contribution in [1.82, 2.24) is 4.98 Å². The van der Waals surface area contributed by atoms with Gasteiger partial charge in [0, 0.05) is 5.39 Å². The Morgan fingerprint density at radius 3 is 2.94 bits per heavy atom. The van der Waals surface area contributed by atoms with E-state index in [1.54, 1.807) is 24.3 Å². The average molecular weight is 245 g/mol. The molecule has 0 aliphatic heterocycles. The van der Waals surface area contributed by atoms with Crippen LogP contribution in [0.4, 0.5) is 5.82 Å². The van der Waals surface area contributed by atoms with Crippen LogP contribution in [-0.4, -0.2) is 10.2 Å². The van der Waals surface area contributed by atoms with Gasteiger partial charge in [-0.1, -0.05) is 25.1 Å². The number of nitrogens with two attached hydrogens (primary N) is 1. The summed E-state index contributed by atoms with van der Waals surface area (Å²) in [4.78, 5) is 14.4. The van der Waals surface area contributed by atoms with Gasteiger partial charge in [0.2, 0.25) is 0 Å². The number of H-pyrrole nitrogens is 1. The number of hydrogen-bond donors (Lipinski definition) is 3. The first-order valence-electron chi connectivity index (χ1n) is 5.70. The molecule has 0 saturated carbocycles. The number of nitrogens with one attached hydrogen (secondary N) is 1. The number of fused-ring (bicyclic) bond motifs is 1. The zero-order valence-electron chi connectivity index (χ0n) is 10.1. The molecule has 4 N–H and O–H groups in total. The van der Waals surface area contributed by atoms with Crippen LogP contribution < -0.4 is 16.4 Å². The van der Waals surface area contributed by atoms with E-state index in [1.807, 2.05) is 19.1 Å². The molecule has 1 aromatic heterocycles. The van der Waals surface area contributed by atoms with Gasteiger partial charge >= 0.3 is 0 Å². The van der Waals surface area contributed by atoms with E-state index in [4.69, 9.17) is 5.73 Å². The number of hydroxylamine groups is 1. The molecule has 0 unspecified atom stereocenters. The van der Waals surface area contributed by atoms with Crippen molar-refractivity contribution >= 4 is 16.6 Å². The number of rotatable bonds is 3.